The molecule has 0 saturated carbocycles. The summed E-state index contributed by atoms with van der Waals surface area (Å²) in [6.45, 7) is 0.854. The number of nitrogens with zero attached hydrogens (tertiary/aromatic N) is 1. The van der Waals surface area contributed by atoms with E-state index in [-0.39, 0.29) is 11.3 Å². The summed E-state index contributed by atoms with van der Waals surface area (Å²) in [5.41, 5.74) is 0. The first kappa shape index (κ1) is 15.5. The Kier molecular flexibility index (Phi) is 5.32. The highest BCUT2D eigenvalue weighted by Crippen LogP contribution is 2.29. The number of thioether (sulfide) groups is 1. The van der Waals surface area contributed by atoms with Gasteiger partial charge in [0.05, 0.1) is 7.11 Å². The number of hydrogen-bond donors (Lipinski definition) is 1. The van der Waals surface area contributed by atoms with Crippen LogP contribution in [0, 0.1) is 0 Å². The number of methoxy groups -OCH3 is 1. The molecule has 114 valence electrons. The van der Waals surface area contributed by atoms with Crippen LogP contribution in [0.15, 0.2) is 24.3 Å². The molecule has 21 heavy (non-hydrogen) atoms. The lowest BCUT2D eigenvalue weighted by Crippen LogP contribution is -2.39. The fraction of sp³-hybridized carbons (Fsp3) is 0.429. The highest BCUT2D eigenvalue weighted by Gasteiger charge is 2.30. The number of aliphatic carboxylic acids is 1. The zero-order valence-electron chi connectivity index (χ0n) is 11.7. The monoisotopic (exact) mass is 311 g/mol. The summed E-state index contributed by atoms with van der Waals surface area (Å²) < 4.78 is 10.9. The predicted octanol–water partition coefficient (Wildman–Crippen LogP) is 1.45. The third-order valence-corrected chi connectivity index (χ3v) is 4.26. The Balaban J connectivity index is 1.95. The van der Waals surface area contributed by atoms with E-state index in [0.29, 0.717) is 24.7 Å². The zero-order valence-corrected chi connectivity index (χ0v) is 12.5. The minimum atomic E-state index is -1.11. The van der Waals surface area contributed by atoms with Crippen molar-refractivity contribution in [3.05, 3.63) is 24.3 Å². The second-order valence-electron chi connectivity index (χ2n) is 4.44. The number of benzene rings is 1. The molecule has 1 aromatic rings. The van der Waals surface area contributed by atoms with Crippen molar-refractivity contribution in [2.45, 2.75) is 11.8 Å². The van der Waals surface area contributed by atoms with Crippen molar-refractivity contribution in [3.8, 4) is 11.5 Å². The van der Waals surface area contributed by atoms with Gasteiger partial charge in [0.1, 0.15) is 18.4 Å². The molecule has 1 fully saturated rings. The fourth-order valence-electron chi connectivity index (χ4n) is 2.07. The first-order chi connectivity index (χ1) is 10.1. The van der Waals surface area contributed by atoms with Crippen LogP contribution in [0.5, 0.6) is 11.5 Å². The first-order valence-electron chi connectivity index (χ1n) is 6.50. The van der Waals surface area contributed by atoms with Crippen LogP contribution < -0.4 is 9.47 Å². The molecule has 0 radical (unpaired) electrons. The maximum absolute atomic E-state index is 11.9. The first-order valence-corrected chi connectivity index (χ1v) is 7.55. The highest BCUT2D eigenvalue weighted by atomic mass is 32.2. The van der Waals surface area contributed by atoms with Gasteiger partial charge in [0, 0.05) is 12.3 Å². The second kappa shape index (κ2) is 7.21. The molecule has 6 nitrogen and oxygen atoms in total. The molecular weight excluding hydrogens is 294 g/mol. The van der Waals surface area contributed by atoms with Gasteiger partial charge in [0.25, 0.3) is 0 Å². The largest absolute Gasteiger partial charge is 0.493 e. The van der Waals surface area contributed by atoms with Crippen LogP contribution >= 0.6 is 11.8 Å². The van der Waals surface area contributed by atoms with Gasteiger partial charge in [-0.1, -0.05) is 12.1 Å². The van der Waals surface area contributed by atoms with Gasteiger partial charge in [0.2, 0.25) is 5.91 Å². The summed E-state index contributed by atoms with van der Waals surface area (Å²) in [5, 5.41) is 8.54. The van der Waals surface area contributed by atoms with Crippen molar-refractivity contribution >= 4 is 23.6 Å². The smallest absolute Gasteiger partial charge is 0.312 e. The zero-order chi connectivity index (χ0) is 15.2. The fourth-order valence-corrected chi connectivity index (χ4v) is 3.22. The second-order valence-corrected chi connectivity index (χ2v) is 5.73. The molecule has 1 aliphatic rings. The number of hydrogen-bond acceptors (Lipinski definition) is 5. The lowest BCUT2D eigenvalue weighted by molar-refractivity contribution is -0.144. The molecule has 1 unspecified atom stereocenters. The van der Waals surface area contributed by atoms with Gasteiger partial charge in [-0.25, -0.2) is 0 Å². The van der Waals surface area contributed by atoms with Gasteiger partial charge in [0.15, 0.2) is 11.5 Å². The van der Waals surface area contributed by atoms with E-state index in [0.717, 1.165) is 5.75 Å². The van der Waals surface area contributed by atoms with Crippen LogP contribution in [-0.4, -0.2) is 53.3 Å². The third kappa shape index (κ3) is 4.04. The van der Waals surface area contributed by atoms with Crippen molar-refractivity contribution < 1.29 is 24.2 Å². The SMILES string of the molecule is COc1ccccc1OCC1SCCN1C(=O)CC(=O)O. The quantitative estimate of drug-likeness (QED) is 0.801. The van der Waals surface area contributed by atoms with Crippen LogP contribution in [0.2, 0.25) is 0 Å². The molecule has 1 atom stereocenters. The maximum atomic E-state index is 11.9. The van der Waals surface area contributed by atoms with Gasteiger partial charge in [-0.05, 0) is 12.1 Å². The average molecular weight is 311 g/mol. The molecule has 1 heterocycles. The average Bonchev–Trinajstić information content (AvgIpc) is 2.93. The summed E-state index contributed by atoms with van der Waals surface area (Å²) in [6, 6.07) is 7.28. The van der Waals surface area contributed by atoms with Crippen LogP contribution in [0.3, 0.4) is 0 Å². The van der Waals surface area contributed by atoms with Crippen molar-refractivity contribution in [1.82, 2.24) is 4.90 Å². The summed E-state index contributed by atoms with van der Waals surface area (Å²) in [5.74, 6) is 0.537. The molecule has 7 heteroatoms. The number of amides is 1. The van der Waals surface area contributed by atoms with E-state index in [1.54, 1.807) is 35.9 Å². The molecular formula is C14H17NO5S. The number of carboxylic acids is 1. The van der Waals surface area contributed by atoms with E-state index in [4.69, 9.17) is 14.6 Å². The van der Waals surface area contributed by atoms with Gasteiger partial charge in [-0.3, -0.25) is 9.59 Å². The minimum absolute atomic E-state index is 0.165. The van der Waals surface area contributed by atoms with Crippen molar-refractivity contribution in [1.29, 1.82) is 0 Å². The van der Waals surface area contributed by atoms with Crippen molar-refractivity contribution in [3.63, 3.8) is 0 Å². The molecule has 0 spiro atoms. The lowest BCUT2D eigenvalue weighted by atomic mass is 10.3. The van der Waals surface area contributed by atoms with Crippen LogP contribution in [0.1, 0.15) is 6.42 Å². The number of ether oxygens (including phenoxy) is 2. The van der Waals surface area contributed by atoms with Crippen LogP contribution in [0.25, 0.3) is 0 Å². The maximum Gasteiger partial charge on any atom is 0.312 e. The Bertz CT molecular complexity index is 522. The van der Waals surface area contributed by atoms with Gasteiger partial charge < -0.3 is 19.5 Å². The van der Waals surface area contributed by atoms with Crippen LogP contribution in [-0.2, 0) is 9.59 Å². The van der Waals surface area contributed by atoms with Gasteiger partial charge >= 0.3 is 5.97 Å². The third-order valence-electron chi connectivity index (χ3n) is 3.06. The van der Waals surface area contributed by atoms with E-state index in [1.807, 2.05) is 12.1 Å². The topological polar surface area (TPSA) is 76.1 Å². The van der Waals surface area contributed by atoms with E-state index in [9.17, 15) is 9.59 Å². The Hall–Kier alpha value is -1.89. The molecule has 1 amide bonds. The van der Waals surface area contributed by atoms with Crippen LogP contribution in [0.4, 0.5) is 0 Å². The number of rotatable bonds is 6. The minimum Gasteiger partial charge on any atom is -0.493 e. The molecule has 1 N–H and O–H groups in total. The number of para-hydroxylation sites is 2. The Morgan fingerprint density at radius 2 is 2.10 bits per heavy atom. The molecule has 1 saturated heterocycles. The van der Waals surface area contributed by atoms with E-state index in [2.05, 4.69) is 0 Å². The number of carboxylic acid groups (broad SMARTS) is 1. The highest BCUT2D eigenvalue weighted by molar-refractivity contribution is 8.00. The Morgan fingerprint density at radius 3 is 2.76 bits per heavy atom. The molecule has 0 aliphatic carbocycles. The normalized spacial score (nSPS) is 17.6. The van der Waals surface area contributed by atoms with Gasteiger partial charge in [-0.15, -0.1) is 11.8 Å². The lowest BCUT2D eigenvalue weighted by Gasteiger charge is -2.23. The molecule has 0 bridgehead atoms. The van der Waals surface area contributed by atoms with Crippen molar-refractivity contribution in [2.24, 2.45) is 0 Å². The molecule has 1 aliphatic heterocycles. The van der Waals surface area contributed by atoms with E-state index >= 15 is 0 Å². The van der Waals surface area contributed by atoms with Gasteiger partial charge in [-0.2, -0.15) is 0 Å². The van der Waals surface area contributed by atoms with E-state index < -0.39 is 12.4 Å². The molecule has 2 rings (SSSR count). The molecule has 0 aromatic heterocycles. The Labute approximate surface area is 127 Å². The predicted molar refractivity (Wildman–Crippen MR) is 78.7 cm³/mol. The molecule has 1 aromatic carbocycles. The standard InChI is InChI=1S/C14H17NO5S/c1-19-10-4-2-3-5-11(10)20-9-13-15(6-7-21-13)12(16)8-14(17)18/h2-5,13H,6-9H2,1H3,(H,17,18). The summed E-state index contributed by atoms with van der Waals surface area (Å²) >= 11 is 1.58. The summed E-state index contributed by atoms with van der Waals surface area (Å²) in [7, 11) is 1.56. The van der Waals surface area contributed by atoms with E-state index in [1.165, 1.54) is 0 Å². The number of carbonyl (C=O) groups excluding carboxylic acids is 1. The van der Waals surface area contributed by atoms with Crippen molar-refractivity contribution in [2.75, 3.05) is 26.0 Å². The Morgan fingerprint density at radius 1 is 1.38 bits per heavy atom. The number of carbonyl (C=O) groups is 2. The summed E-state index contributed by atoms with van der Waals surface area (Å²) in [6.07, 6.45) is -0.480. The summed E-state index contributed by atoms with van der Waals surface area (Å²) in [4.78, 5) is 24.0.